The maximum atomic E-state index is 11.7. The average Bonchev–Trinajstić information content (AvgIpc) is 3.12. The Balaban J connectivity index is 1.86. The van der Waals surface area contributed by atoms with Crippen LogP contribution < -0.4 is 15.5 Å². The topological polar surface area (TPSA) is 89.0 Å². The van der Waals surface area contributed by atoms with E-state index in [-0.39, 0.29) is 6.10 Å². The second kappa shape index (κ2) is 9.95. The first-order chi connectivity index (χ1) is 12.1. The van der Waals surface area contributed by atoms with Gasteiger partial charge >= 0.3 is 11.8 Å². The number of rotatable bonds is 7. The quantitative estimate of drug-likeness (QED) is 0.310. The minimum Gasteiger partial charge on any atom is -0.489 e. The van der Waals surface area contributed by atoms with Gasteiger partial charge in [-0.25, -0.2) is 5.43 Å². The van der Waals surface area contributed by atoms with Gasteiger partial charge in [0.15, 0.2) is 0 Å². The molecule has 0 aliphatic carbocycles. The van der Waals surface area contributed by atoms with Gasteiger partial charge < -0.3 is 14.8 Å². The fourth-order valence-electron chi connectivity index (χ4n) is 2.20. The Kier molecular flexibility index (Phi) is 7.62. The highest BCUT2D eigenvalue weighted by Crippen LogP contribution is 2.21. The lowest BCUT2D eigenvalue weighted by molar-refractivity contribution is -0.139. The van der Waals surface area contributed by atoms with Crippen molar-refractivity contribution >= 4 is 34.0 Å². The number of nitrogens with zero attached hydrogens (tertiary/aromatic N) is 1. The summed E-state index contributed by atoms with van der Waals surface area (Å²) in [6.07, 6.45) is 4.87. The molecule has 2 amide bonds. The van der Waals surface area contributed by atoms with Crippen LogP contribution >= 0.6 is 15.9 Å². The number of hydrogen-bond acceptors (Lipinski definition) is 5. The van der Waals surface area contributed by atoms with Crippen LogP contribution in [0.3, 0.4) is 0 Å². The summed E-state index contributed by atoms with van der Waals surface area (Å²) in [7, 11) is 0. The number of nitrogens with one attached hydrogen (secondary N) is 2. The van der Waals surface area contributed by atoms with Gasteiger partial charge in [0.1, 0.15) is 12.4 Å². The monoisotopic (exact) mass is 409 g/mol. The molecule has 0 bridgehead atoms. The van der Waals surface area contributed by atoms with Gasteiger partial charge in [0, 0.05) is 23.2 Å². The fourth-order valence-corrected chi connectivity index (χ4v) is 2.58. The Bertz CT molecular complexity index is 657. The van der Waals surface area contributed by atoms with Crippen molar-refractivity contribution in [1.82, 2.24) is 10.7 Å². The molecule has 7 nitrogen and oxygen atoms in total. The Morgan fingerprint density at radius 2 is 2.28 bits per heavy atom. The molecule has 0 unspecified atom stereocenters. The molecular formula is C17H20BrN3O4. The summed E-state index contributed by atoms with van der Waals surface area (Å²) in [5.74, 6) is -0.994. The van der Waals surface area contributed by atoms with E-state index in [0.717, 1.165) is 17.3 Å². The first-order valence-electron chi connectivity index (χ1n) is 7.86. The Labute approximate surface area is 154 Å². The van der Waals surface area contributed by atoms with E-state index in [0.29, 0.717) is 31.1 Å². The molecule has 1 atom stereocenters. The second-order valence-corrected chi connectivity index (χ2v) is 6.24. The lowest BCUT2D eigenvalue weighted by atomic mass is 10.2. The minimum absolute atomic E-state index is 0.0218. The van der Waals surface area contributed by atoms with Crippen LogP contribution in [0.25, 0.3) is 0 Å². The summed E-state index contributed by atoms with van der Waals surface area (Å²) in [6, 6.07) is 5.38. The molecule has 1 heterocycles. The molecule has 1 aromatic rings. The third kappa shape index (κ3) is 6.32. The number of amides is 2. The predicted molar refractivity (Wildman–Crippen MR) is 97.6 cm³/mol. The van der Waals surface area contributed by atoms with E-state index in [9.17, 15) is 9.59 Å². The third-order valence-corrected chi connectivity index (χ3v) is 3.91. The molecule has 134 valence electrons. The van der Waals surface area contributed by atoms with Crippen molar-refractivity contribution in [3.05, 3.63) is 40.9 Å². The van der Waals surface area contributed by atoms with Gasteiger partial charge in [0.2, 0.25) is 0 Å². The third-order valence-electron chi connectivity index (χ3n) is 3.42. The van der Waals surface area contributed by atoms with E-state index in [4.69, 9.17) is 9.47 Å². The molecule has 0 aromatic heterocycles. The fraction of sp³-hybridized carbons (Fsp3) is 0.353. The second-order valence-electron chi connectivity index (χ2n) is 5.33. The normalized spacial score (nSPS) is 16.6. The lowest BCUT2D eigenvalue weighted by Gasteiger charge is -2.09. The number of ether oxygens (including phenoxy) is 2. The van der Waals surface area contributed by atoms with Crippen LogP contribution in [0.2, 0.25) is 0 Å². The van der Waals surface area contributed by atoms with E-state index in [1.165, 1.54) is 6.21 Å². The van der Waals surface area contributed by atoms with Crippen molar-refractivity contribution < 1.29 is 19.1 Å². The zero-order valence-electron chi connectivity index (χ0n) is 13.7. The van der Waals surface area contributed by atoms with Crippen LogP contribution in [0, 0.1) is 0 Å². The summed E-state index contributed by atoms with van der Waals surface area (Å²) in [5, 5.41) is 6.34. The lowest BCUT2D eigenvalue weighted by Crippen LogP contribution is -2.41. The molecule has 0 spiro atoms. The van der Waals surface area contributed by atoms with Gasteiger partial charge in [-0.1, -0.05) is 28.6 Å². The van der Waals surface area contributed by atoms with Crippen molar-refractivity contribution in [2.24, 2.45) is 5.10 Å². The SMILES string of the molecule is C=CCOc1ccc(Br)cc1/C=N\NC(=O)C(=O)NC[C@@H]1CCCO1. The highest BCUT2D eigenvalue weighted by atomic mass is 79.9. The molecule has 1 fully saturated rings. The molecular weight excluding hydrogens is 390 g/mol. The van der Waals surface area contributed by atoms with Gasteiger partial charge in [-0.3, -0.25) is 9.59 Å². The van der Waals surface area contributed by atoms with Crippen molar-refractivity contribution in [2.45, 2.75) is 18.9 Å². The number of carbonyl (C=O) groups excluding carboxylic acids is 2. The predicted octanol–water partition coefficient (Wildman–Crippen LogP) is 1.76. The van der Waals surface area contributed by atoms with E-state index in [1.807, 2.05) is 6.07 Å². The summed E-state index contributed by atoms with van der Waals surface area (Å²) in [4.78, 5) is 23.4. The molecule has 8 heteroatoms. The first kappa shape index (κ1) is 19.1. The number of halogens is 1. The Morgan fingerprint density at radius 3 is 3.00 bits per heavy atom. The molecule has 1 aliphatic rings. The molecule has 0 saturated carbocycles. The smallest absolute Gasteiger partial charge is 0.329 e. The number of benzene rings is 1. The van der Waals surface area contributed by atoms with Crippen LogP contribution in [0.1, 0.15) is 18.4 Å². The zero-order valence-corrected chi connectivity index (χ0v) is 15.3. The van der Waals surface area contributed by atoms with Gasteiger partial charge in [-0.15, -0.1) is 0 Å². The van der Waals surface area contributed by atoms with Crippen molar-refractivity contribution in [3.63, 3.8) is 0 Å². The van der Waals surface area contributed by atoms with E-state index in [2.05, 4.69) is 38.4 Å². The van der Waals surface area contributed by atoms with Crippen molar-refractivity contribution in [2.75, 3.05) is 19.8 Å². The number of carbonyl (C=O) groups is 2. The highest BCUT2D eigenvalue weighted by Gasteiger charge is 2.18. The van der Waals surface area contributed by atoms with Crippen molar-refractivity contribution in [3.8, 4) is 5.75 Å². The van der Waals surface area contributed by atoms with Crippen LogP contribution in [-0.4, -0.2) is 43.9 Å². The standard InChI is InChI=1S/C17H20BrN3O4/c1-2-7-25-15-6-5-13(18)9-12(15)10-20-21-17(23)16(22)19-11-14-4-3-8-24-14/h2,5-6,9-10,14H,1,3-4,7-8,11H2,(H,19,22)(H,21,23)/b20-10-/t14-/m0/s1. The molecule has 2 rings (SSSR count). The van der Waals surface area contributed by atoms with Crippen LogP contribution in [0.15, 0.2) is 40.4 Å². The van der Waals surface area contributed by atoms with E-state index >= 15 is 0 Å². The average molecular weight is 410 g/mol. The molecule has 1 aliphatic heterocycles. The van der Waals surface area contributed by atoms with Crippen LogP contribution in [0.4, 0.5) is 0 Å². The zero-order chi connectivity index (χ0) is 18.1. The van der Waals surface area contributed by atoms with Gasteiger partial charge in [0.25, 0.3) is 0 Å². The number of hydrogen-bond donors (Lipinski definition) is 2. The summed E-state index contributed by atoms with van der Waals surface area (Å²) < 4.78 is 11.7. The molecule has 25 heavy (non-hydrogen) atoms. The van der Waals surface area contributed by atoms with Gasteiger partial charge in [-0.2, -0.15) is 5.10 Å². The van der Waals surface area contributed by atoms with E-state index in [1.54, 1.807) is 18.2 Å². The minimum atomic E-state index is -0.835. The van der Waals surface area contributed by atoms with Crippen molar-refractivity contribution in [1.29, 1.82) is 0 Å². The van der Waals surface area contributed by atoms with Gasteiger partial charge in [0.05, 0.1) is 12.3 Å². The molecule has 0 radical (unpaired) electrons. The molecule has 1 aromatic carbocycles. The van der Waals surface area contributed by atoms with Crippen LogP contribution in [-0.2, 0) is 14.3 Å². The Morgan fingerprint density at radius 1 is 1.44 bits per heavy atom. The maximum Gasteiger partial charge on any atom is 0.329 e. The van der Waals surface area contributed by atoms with E-state index < -0.39 is 11.8 Å². The molecule has 2 N–H and O–H groups in total. The van der Waals surface area contributed by atoms with Gasteiger partial charge in [-0.05, 0) is 31.0 Å². The summed E-state index contributed by atoms with van der Waals surface area (Å²) >= 11 is 3.36. The molecule has 1 saturated heterocycles. The first-order valence-corrected chi connectivity index (χ1v) is 8.65. The highest BCUT2D eigenvalue weighted by molar-refractivity contribution is 9.10. The summed E-state index contributed by atoms with van der Waals surface area (Å²) in [6.45, 7) is 4.96. The Hall–Kier alpha value is -2.19. The number of hydrazone groups is 1. The maximum absolute atomic E-state index is 11.7. The summed E-state index contributed by atoms with van der Waals surface area (Å²) in [5.41, 5.74) is 2.85. The van der Waals surface area contributed by atoms with Crippen LogP contribution in [0.5, 0.6) is 5.75 Å². The largest absolute Gasteiger partial charge is 0.489 e.